The van der Waals surface area contributed by atoms with Crippen LogP contribution < -0.4 is 10.5 Å². The standard InChI is InChI=1S/C12H19NOS/c1-3-10(2)15-9-8-14-12-6-4-11(13)5-7-12/h4-7,10H,3,8-9,13H2,1-2H3. The lowest BCUT2D eigenvalue weighted by Crippen LogP contribution is -2.03. The van der Waals surface area contributed by atoms with Crippen LogP contribution in [0.4, 0.5) is 5.69 Å². The highest BCUT2D eigenvalue weighted by atomic mass is 32.2. The van der Waals surface area contributed by atoms with Gasteiger partial charge in [0.1, 0.15) is 5.75 Å². The molecule has 2 N–H and O–H groups in total. The van der Waals surface area contributed by atoms with E-state index in [0.29, 0.717) is 0 Å². The zero-order valence-electron chi connectivity index (χ0n) is 9.40. The first-order chi connectivity index (χ1) is 7.22. The van der Waals surface area contributed by atoms with E-state index in [-0.39, 0.29) is 0 Å². The Morgan fingerprint density at radius 2 is 2.00 bits per heavy atom. The lowest BCUT2D eigenvalue weighted by atomic mass is 10.3. The van der Waals surface area contributed by atoms with Crippen molar-refractivity contribution in [2.75, 3.05) is 18.1 Å². The Bertz CT molecular complexity index is 273. The quantitative estimate of drug-likeness (QED) is 0.596. The number of nitrogens with two attached hydrogens (primary N) is 1. The van der Waals surface area contributed by atoms with Crippen LogP contribution in [-0.4, -0.2) is 17.6 Å². The molecular weight excluding hydrogens is 206 g/mol. The molecule has 84 valence electrons. The van der Waals surface area contributed by atoms with E-state index in [1.807, 2.05) is 36.0 Å². The van der Waals surface area contributed by atoms with Gasteiger partial charge in [0.2, 0.25) is 0 Å². The largest absolute Gasteiger partial charge is 0.493 e. The number of nitrogen functional groups attached to an aromatic ring is 1. The maximum absolute atomic E-state index is 5.58. The summed E-state index contributed by atoms with van der Waals surface area (Å²) in [5.41, 5.74) is 6.35. The van der Waals surface area contributed by atoms with Crippen LogP contribution in [0.2, 0.25) is 0 Å². The van der Waals surface area contributed by atoms with Gasteiger partial charge in [-0.15, -0.1) is 0 Å². The highest BCUT2D eigenvalue weighted by molar-refractivity contribution is 7.99. The molecule has 0 aromatic heterocycles. The van der Waals surface area contributed by atoms with Gasteiger partial charge in [-0.05, 0) is 30.7 Å². The maximum atomic E-state index is 5.58. The van der Waals surface area contributed by atoms with Crippen molar-refractivity contribution in [3.05, 3.63) is 24.3 Å². The summed E-state index contributed by atoms with van der Waals surface area (Å²) in [7, 11) is 0. The number of rotatable bonds is 6. The van der Waals surface area contributed by atoms with Gasteiger partial charge < -0.3 is 10.5 Å². The van der Waals surface area contributed by atoms with E-state index < -0.39 is 0 Å². The highest BCUT2D eigenvalue weighted by Crippen LogP contribution is 2.16. The Balaban J connectivity index is 2.17. The zero-order valence-corrected chi connectivity index (χ0v) is 10.2. The summed E-state index contributed by atoms with van der Waals surface area (Å²) in [4.78, 5) is 0. The van der Waals surface area contributed by atoms with E-state index >= 15 is 0 Å². The van der Waals surface area contributed by atoms with Crippen molar-refractivity contribution in [3.63, 3.8) is 0 Å². The monoisotopic (exact) mass is 225 g/mol. The molecule has 0 heterocycles. The lowest BCUT2D eigenvalue weighted by Gasteiger charge is -2.09. The molecule has 0 fully saturated rings. The van der Waals surface area contributed by atoms with E-state index in [9.17, 15) is 0 Å². The SMILES string of the molecule is CCC(C)SCCOc1ccc(N)cc1. The third kappa shape index (κ3) is 4.98. The molecular formula is C12H19NOS. The molecule has 0 aliphatic heterocycles. The molecule has 1 aromatic carbocycles. The second-order valence-electron chi connectivity index (χ2n) is 3.51. The van der Waals surface area contributed by atoms with Crippen LogP contribution in [0, 0.1) is 0 Å². The molecule has 0 amide bonds. The van der Waals surface area contributed by atoms with Gasteiger partial charge in [0.15, 0.2) is 0 Å². The Kier molecular flexibility index (Phi) is 5.40. The molecule has 15 heavy (non-hydrogen) atoms. The van der Waals surface area contributed by atoms with E-state index in [0.717, 1.165) is 29.0 Å². The van der Waals surface area contributed by atoms with Crippen molar-refractivity contribution in [1.29, 1.82) is 0 Å². The minimum absolute atomic E-state index is 0.722. The molecule has 0 aliphatic carbocycles. The van der Waals surface area contributed by atoms with Crippen LogP contribution in [0.15, 0.2) is 24.3 Å². The average molecular weight is 225 g/mol. The van der Waals surface area contributed by atoms with E-state index in [4.69, 9.17) is 10.5 Å². The van der Waals surface area contributed by atoms with Gasteiger partial charge in [-0.1, -0.05) is 13.8 Å². The van der Waals surface area contributed by atoms with Gasteiger partial charge in [-0.25, -0.2) is 0 Å². The fraction of sp³-hybridized carbons (Fsp3) is 0.500. The van der Waals surface area contributed by atoms with Crippen LogP contribution in [-0.2, 0) is 0 Å². The van der Waals surface area contributed by atoms with Crippen molar-refractivity contribution in [2.24, 2.45) is 0 Å². The van der Waals surface area contributed by atoms with Crippen LogP contribution in [0.5, 0.6) is 5.75 Å². The predicted molar refractivity (Wildman–Crippen MR) is 68.6 cm³/mol. The first kappa shape index (κ1) is 12.2. The van der Waals surface area contributed by atoms with Crippen LogP contribution >= 0.6 is 11.8 Å². The van der Waals surface area contributed by atoms with Gasteiger partial charge in [0, 0.05) is 16.7 Å². The normalized spacial score (nSPS) is 12.4. The van der Waals surface area contributed by atoms with Gasteiger partial charge in [-0.3, -0.25) is 0 Å². The molecule has 0 aliphatic rings. The molecule has 1 atom stereocenters. The second-order valence-corrected chi connectivity index (χ2v) is 5.05. The smallest absolute Gasteiger partial charge is 0.119 e. The van der Waals surface area contributed by atoms with E-state index in [1.165, 1.54) is 6.42 Å². The fourth-order valence-electron chi connectivity index (χ4n) is 1.09. The number of hydrogen-bond donors (Lipinski definition) is 1. The second kappa shape index (κ2) is 6.62. The summed E-state index contributed by atoms with van der Waals surface area (Å²) in [6.45, 7) is 5.21. The number of thioether (sulfide) groups is 1. The van der Waals surface area contributed by atoms with Crippen LogP contribution in [0.1, 0.15) is 20.3 Å². The number of benzene rings is 1. The van der Waals surface area contributed by atoms with Gasteiger partial charge in [-0.2, -0.15) is 11.8 Å². The third-order valence-electron chi connectivity index (χ3n) is 2.21. The summed E-state index contributed by atoms with van der Waals surface area (Å²) < 4.78 is 5.58. The van der Waals surface area contributed by atoms with Crippen molar-refractivity contribution in [3.8, 4) is 5.75 Å². The topological polar surface area (TPSA) is 35.2 Å². The molecule has 0 bridgehead atoms. The first-order valence-corrected chi connectivity index (χ1v) is 6.37. The van der Waals surface area contributed by atoms with Crippen molar-refractivity contribution in [1.82, 2.24) is 0 Å². The predicted octanol–water partition coefficient (Wildman–Crippen LogP) is 3.18. The molecule has 0 saturated carbocycles. The van der Waals surface area contributed by atoms with Crippen LogP contribution in [0.25, 0.3) is 0 Å². The van der Waals surface area contributed by atoms with Crippen molar-refractivity contribution in [2.45, 2.75) is 25.5 Å². The molecule has 0 saturated heterocycles. The maximum Gasteiger partial charge on any atom is 0.119 e. The Morgan fingerprint density at radius 3 is 2.60 bits per heavy atom. The number of hydrogen-bond acceptors (Lipinski definition) is 3. The summed E-state index contributed by atoms with van der Waals surface area (Å²) in [6, 6.07) is 7.53. The van der Waals surface area contributed by atoms with E-state index in [2.05, 4.69) is 13.8 Å². The Hall–Kier alpha value is -0.830. The minimum Gasteiger partial charge on any atom is -0.493 e. The lowest BCUT2D eigenvalue weighted by molar-refractivity contribution is 0.344. The van der Waals surface area contributed by atoms with Gasteiger partial charge >= 0.3 is 0 Å². The fourth-order valence-corrected chi connectivity index (χ4v) is 1.91. The Morgan fingerprint density at radius 1 is 1.33 bits per heavy atom. The Labute approximate surface area is 96.2 Å². The minimum atomic E-state index is 0.722. The van der Waals surface area contributed by atoms with Crippen molar-refractivity contribution < 1.29 is 4.74 Å². The molecule has 3 heteroatoms. The number of ether oxygens (including phenoxy) is 1. The molecule has 1 aromatic rings. The summed E-state index contributed by atoms with van der Waals surface area (Å²) >= 11 is 1.95. The summed E-state index contributed by atoms with van der Waals surface area (Å²) in [5.74, 6) is 1.94. The summed E-state index contributed by atoms with van der Waals surface area (Å²) in [5, 5.41) is 0.722. The summed E-state index contributed by atoms with van der Waals surface area (Å²) in [6.07, 6.45) is 1.21. The van der Waals surface area contributed by atoms with Gasteiger partial charge in [0.25, 0.3) is 0 Å². The molecule has 0 spiro atoms. The average Bonchev–Trinajstić information content (AvgIpc) is 2.26. The molecule has 0 radical (unpaired) electrons. The first-order valence-electron chi connectivity index (χ1n) is 5.32. The molecule has 1 rings (SSSR count). The highest BCUT2D eigenvalue weighted by Gasteiger charge is 1.99. The molecule has 1 unspecified atom stereocenters. The van der Waals surface area contributed by atoms with Gasteiger partial charge in [0.05, 0.1) is 6.61 Å². The molecule has 2 nitrogen and oxygen atoms in total. The zero-order chi connectivity index (χ0) is 11.1. The van der Waals surface area contributed by atoms with Crippen LogP contribution in [0.3, 0.4) is 0 Å². The van der Waals surface area contributed by atoms with Crippen molar-refractivity contribution >= 4 is 17.4 Å². The number of anilines is 1. The van der Waals surface area contributed by atoms with E-state index in [1.54, 1.807) is 0 Å². The third-order valence-corrected chi connectivity index (χ3v) is 3.51.